The highest BCUT2D eigenvalue weighted by molar-refractivity contribution is 7.92. The van der Waals surface area contributed by atoms with Crippen molar-refractivity contribution in [2.24, 2.45) is 0 Å². The molecule has 0 radical (unpaired) electrons. The Hall–Kier alpha value is -3.65. The van der Waals surface area contributed by atoms with Crippen LogP contribution < -0.4 is 23.7 Å². The molecule has 0 heterocycles. The molecule has 0 aliphatic heterocycles. The predicted octanol–water partition coefficient (Wildman–Crippen LogP) is 5.99. The quantitative estimate of drug-likeness (QED) is 0.355. The Bertz CT molecular complexity index is 1330. The van der Waals surface area contributed by atoms with Crippen LogP contribution in [-0.2, 0) is 15.4 Å². The van der Waals surface area contributed by atoms with Gasteiger partial charge in [-0.2, -0.15) is 0 Å². The molecule has 0 aromatic heterocycles. The molecule has 3 aromatic carbocycles. The minimum absolute atomic E-state index is 0.180. The summed E-state index contributed by atoms with van der Waals surface area (Å²) in [6.45, 7) is 6.12. The maximum atomic E-state index is 13.2. The maximum absolute atomic E-state index is 13.2. The largest absolute Gasteiger partial charge is 0.495 e. The van der Waals surface area contributed by atoms with Gasteiger partial charge in [0.05, 0.1) is 39.0 Å². The topological polar surface area (TPSA) is 83.1 Å². The molecule has 0 saturated carbocycles. The molecule has 36 heavy (non-hydrogen) atoms. The first kappa shape index (κ1) is 26.9. The SMILES string of the molecule is COc1ccc(/C=C\c2cc(OC)c(OC)c(OC)c2)cc1NS(=O)(=O)c1cccc(C(C)(C)C)c1. The third-order valence-corrected chi connectivity index (χ3v) is 7.00. The van der Waals surface area contributed by atoms with Crippen LogP contribution in [0.1, 0.15) is 37.5 Å². The molecule has 0 fully saturated rings. The molecule has 8 heteroatoms. The first-order valence-electron chi connectivity index (χ1n) is 11.3. The van der Waals surface area contributed by atoms with E-state index in [1.807, 2.05) is 57.2 Å². The van der Waals surface area contributed by atoms with Crippen molar-refractivity contribution in [1.82, 2.24) is 0 Å². The van der Waals surface area contributed by atoms with Crippen molar-refractivity contribution in [2.75, 3.05) is 33.2 Å². The number of hydrogen-bond acceptors (Lipinski definition) is 6. The van der Waals surface area contributed by atoms with Crippen LogP contribution in [0.15, 0.2) is 59.5 Å². The van der Waals surface area contributed by atoms with E-state index in [2.05, 4.69) is 4.72 Å². The molecule has 0 saturated heterocycles. The van der Waals surface area contributed by atoms with Crippen LogP contribution in [0, 0.1) is 0 Å². The van der Waals surface area contributed by atoms with Gasteiger partial charge in [-0.1, -0.05) is 51.1 Å². The first-order valence-corrected chi connectivity index (χ1v) is 12.8. The highest BCUT2D eigenvalue weighted by Gasteiger charge is 2.20. The zero-order valence-electron chi connectivity index (χ0n) is 21.7. The molecule has 0 amide bonds. The second-order valence-electron chi connectivity index (χ2n) is 9.14. The number of benzene rings is 3. The van der Waals surface area contributed by atoms with Gasteiger partial charge in [-0.25, -0.2) is 8.42 Å². The minimum Gasteiger partial charge on any atom is -0.495 e. The molecular formula is C28H33NO6S. The van der Waals surface area contributed by atoms with Gasteiger partial charge in [0.25, 0.3) is 10.0 Å². The Balaban J connectivity index is 1.94. The Morgan fingerprint density at radius 1 is 0.722 bits per heavy atom. The van der Waals surface area contributed by atoms with Gasteiger partial charge in [0.1, 0.15) is 5.75 Å². The van der Waals surface area contributed by atoms with Gasteiger partial charge in [-0.05, 0) is 58.5 Å². The summed E-state index contributed by atoms with van der Waals surface area (Å²) in [4.78, 5) is 0.190. The lowest BCUT2D eigenvalue weighted by Gasteiger charge is -2.20. The molecule has 0 aliphatic rings. The number of sulfonamides is 1. The molecule has 3 rings (SSSR count). The van der Waals surface area contributed by atoms with E-state index in [1.165, 1.54) is 7.11 Å². The molecule has 0 atom stereocenters. The molecule has 0 bridgehead atoms. The van der Waals surface area contributed by atoms with Crippen molar-refractivity contribution in [3.63, 3.8) is 0 Å². The average molecular weight is 512 g/mol. The fourth-order valence-electron chi connectivity index (χ4n) is 3.63. The third kappa shape index (κ3) is 6.12. The minimum atomic E-state index is -3.84. The van der Waals surface area contributed by atoms with Crippen molar-refractivity contribution >= 4 is 27.9 Å². The first-order chi connectivity index (χ1) is 17.0. The molecule has 0 spiro atoms. The summed E-state index contributed by atoms with van der Waals surface area (Å²) in [6.07, 6.45) is 3.73. The monoisotopic (exact) mass is 511 g/mol. The highest BCUT2D eigenvalue weighted by atomic mass is 32.2. The van der Waals surface area contributed by atoms with Crippen LogP contribution in [0.2, 0.25) is 0 Å². The van der Waals surface area contributed by atoms with Gasteiger partial charge in [0, 0.05) is 0 Å². The van der Waals surface area contributed by atoms with Crippen molar-refractivity contribution < 1.29 is 27.4 Å². The summed E-state index contributed by atoms with van der Waals surface area (Å²) in [5.41, 5.74) is 2.68. The van der Waals surface area contributed by atoms with Crippen molar-refractivity contribution in [3.05, 3.63) is 71.3 Å². The summed E-state index contributed by atoms with van der Waals surface area (Å²) in [7, 11) is 2.33. The lowest BCUT2D eigenvalue weighted by molar-refractivity contribution is 0.324. The van der Waals surface area contributed by atoms with Gasteiger partial charge in [-0.3, -0.25) is 4.72 Å². The van der Waals surface area contributed by atoms with Crippen molar-refractivity contribution in [2.45, 2.75) is 31.1 Å². The molecule has 1 N–H and O–H groups in total. The Morgan fingerprint density at radius 3 is 1.89 bits per heavy atom. The highest BCUT2D eigenvalue weighted by Crippen LogP contribution is 2.39. The zero-order valence-corrected chi connectivity index (χ0v) is 22.5. The van der Waals surface area contributed by atoms with Crippen LogP contribution in [0.5, 0.6) is 23.0 Å². The Kier molecular flexibility index (Phi) is 8.20. The van der Waals surface area contributed by atoms with Crippen LogP contribution >= 0.6 is 0 Å². The smallest absolute Gasteiger partial charge is 0.262 e. The van der Waals surface area contributed by atoms with Crippen LogP contribution in [-0.4, -0.2) is 36.9 Å². The third-order valence-electron chi connectivity index (χ3n) is 5.63. The summed E-state index contributed by atoms with van der Waals surface area (Å²) in [6, 6.07) is 15.9. The van der Waals surface area contributed by atoms with E-state index < -0.39 is 10.0 Å². The van der Waals surface area contributed by atoms with Crippen molar-refractivity contribution in [1.29, 1.82) is 0 Å². The Morgan fingerprint density at radius 2 is 1.33 bits per heavy atom. The summed E-state index contributed by atoms with van der Waals surface area (Å²) >= 11 is 0. The molecule has 7 nitrogen and oxygen atoms in total. The molecule has 0 aliphatic carbocycles. The van der Waals surface area contributed by atoms with Crippen molar-refractivity contribution in [3.8, 4) is 23.0 Å². The summed E-state index contributed by atoms with van der Waals surface area (Å²) < 4.78 is 50.7. The fraction of sp³-hybridized carbons (Fsp3) is 0.286. The molecule has 3 aromatic rings. The number of hydrogen-bond donors (Lipinski definition) is 1. The van der Waals surface area contributed by atoms with Gasteiger partial charge in [0.15, 0.2) is 11.5 Å². The standard InChI is InChI=1S/C28H33NO6S/c1-28(2,3)21-9-8-10-22(18-21)36(30,31)29-23-15-19(13-14-24(23)32-4)11-12-20-16-25(33-5)27(35-7)26(17-20)34-6/h8-18,29H,1-7H3/b12-11-. The van der Waals surface area contributed by atoms with E-state index >= 15 is 0 Å². The van der Waals surface area contributed by atoms with Gasteiger partial charge in [-0.15, -0.1) is 0 Å². The number of ether oxygens (including phenoxy) is 4. The Labute approximate surface area is 213 Å². The summed E-state index contributed by atoms with van der Waals surface area (Å²) in [5, 5.41) is 0. The maximum Gasteiger partial charge on any atom is 0.262 e. The number of anilines is 1. The predicted molar refractivity (Wildman–Crippen MR) is 144 cm³/mol. The molecular weight excluding hydrogens is 478 g/mol. The van der Waals surface area contributed by atoms with Crippen LogP contribution in [0.3, 0.4) is 0 Å². The molecule has 0 unspecified atom stereocenters. The van der Waals surface area contributed by atoms with Crippen LogP contribution in [0.25, 0.3) is 12.2 Å². The molecule has 192 valence electrons. The van der Waals surface area contributed by atoms with Gasteiger partial charge < -0.3 is 18.9 Å². The number of rotatable bonds is 9. The summed E-state index contributed by atoms with van der Waals surface area (Å²) in [5.74, 6) is 2.00. The number of nitrogens with one attached hydrogen (secondary N) is 1. The van der Waals surface area contributed by atoms with E-state index in [4.69, 9.17) is 18.9 Å². The second-order valence-corrected chi connectivity index (χ2v) is 10.8. The van der Waals surface area contributed by atoms with E-state index in [0.717, 1.165) is 16.7 Å². The lowest BCUT2D eigenvalue weighted by Crippen LogP contribution is -2.16. The average Bonchev–Trinajstić information content (AvgIpc) is 2.86. The van der Waals surface area contributed by atoms with E-state index in [0.29, 0.717) is 28.7 Å². The lowest BCUT2D eigenvalue weighted by atomic mass is 9.87. The van der Waals surface area contributed by atoms with Crippen LogP contribution in [0.4, 0.5) is 5.69 Å². The second kappa shape index (κ2) is 11.0. The van der Waals surface area contributed by atoms with Gasteiger partial charge in [0.2, 0.25) is 5.75 Å². The van der Waals surface area contributed by atoms with E-state index in [1.54, 1.807) is 51.7 Å². The van der Waals surface area contributed by atoms with Gasteiger partial charge >= 0.3 is 0 Å². The fourth-order valence-corrected chi connectivity index (χ4v) is 4.74. The normalized spacial score (nSPS) is 11.9. The van der Waals surface area contributed by atoms with E-state index in [-0.39, 0.29) is 10.3 Å². The zero-order chi connectivity index (χ0) is 26.5. The number of methoxy groups -OCH3 is 4. The van der Waals surface area contributed by atoms with E-state index in [9.17, 15) is 8.42 Å².